The first-order chi connectivity index (χ1) is 12.3. The topological polar surface area (TPSA) is 69.4 Å². The van der Waals surface area contributed by atoms with Gasteiger partial charge in [-0.15, -0.1) is 0 Å². The summed E-state index contributed by atoms with van der Waals surface area (Å²) in [6.07, 6.45) is 4.83. The van der Waals surface area contributed by atoms with E-state index in [0.29, 0.717) is 18.4 Å². The van der Waals surface area contributed by atoms with Gasteiger partial charge in [-0.3, -0.25) is 9.59 Å². The Hall–Kier alpha value is -1.84. The van der Waals surface area contributed by atoms with E-state index < -0.39 is 5.41 Å². The van der Waals surface area contributed by atoms with Gasteiger partial charge in [0.15, 0.2) is 0 Å². The highest BCUT2D eigenvalue weighted by molar-refractivity contribution is 5.91. The van der Waals surface area contributed by atoms with Gasteiger partial charge in [0.05, 0.1) is 12.0 Å². The number of ether oxygens (including phenoxy) is 1. The minimum atomic E-state index is -0.730. The number of fused-ring (bicyclic) bond motifs is 1. The number of Topliss-reactive ketones (excluding diaryl/α,β-unsaturated/α-hetero) is 1. The number of ketones is 1. The van der Waals surface area contributed by atoms with Crippen molar-refractivity contribution in [1.29, 1.82) is 0 Å². The molecule has 2 aliphatic rings. The first-order valence-electron chi connectivity index (χ1n) is 9.91. The zero-order valence-corrected chi connectivity index (χ0v) is 16.2. The van der Waals surface area contributed by atoms with E-state index in [2.05, 4.69) is 12.1 Å². The monoisotopic (exact) mass is 357 g/mol. The van der Waals surface area contributed by atoms with E-state index in [9.17, 15) is 9.59 Å². The fourth-order valence-corrected chi connectivity index (χ4v) is 4.99. The molecule has 2 fully saturated rings. The van der Waals surface area contributed by atoms with Gasteiger partial charge in [-0.25, -0.2) is 0 Å². The third-order valence-electron chi connectivity index (χ3n) is 6.60. The zero-order chi connectivity index (χ0) is 18.9. The molecule has 0 amide bonds. The Balaban J connectivity index is 1.69. The van der Waals surface area contributed by atoms with E-state index in [1.807, 2.05) is 32.9 Å². The molecule has 2 saturated carbocycles. The van der Waals surface area contributed by atoms with Crippen LogP contribution < -0.4 is 5.73 Å². The van der Waals surface area contributed by atoms with Crippen LogP contribution in [0.4, 0.5) is 5.69 Å². The van der Waals surface area contributed by atoms with Crippen LogP contribution in [0.15, 0.2) is 24.3 Å². The largest absolute Gasteiger partial charge is 0.466 e. The molecule has 26 heavy (non-hydrogen) atoms. The minimum Gasteiger partial charge on any atom is -0.466 e. The summed E-state index contributed by atoms with van der Waals surface area (Å²) < 4.78 is 5.23. The Morgan fingerprint density at radius 2 is 1.85 bits per heavy atom. The van der Waals surface area contributed by atoms with Crippen molar-refractivity contribution in [2.75, 3.05) is 12.3 Å². The molecule has 1 aromatic rings. The highest BCUT2D eigenvalue weighted by Crippen LogP contribution is 2.49. The third kappa shape index (κ3) is 3.51. The molecule has 2 aliphatic carbocycles. The molecular weight excluding hydrogens is 326 g/mol. The molecule has 0 bridgehead atoms. The summed E-state index contributed by atoms with van der Waals surface area (Å²) in [5, 5.41) is 0. The molecular formula is C22H31NO3. The van der Waals surface area contributed by atoms with Crippen molar-refractivity contribution in [2.45, 2.75) is 58.8 Å². The quantitative estimate of drug-likeness (QED) is 0.643. The van der Waals surface area contributed by atoms with Gasteiger partial charge in [-0.1, -0.05) is 12.1 Å². The van der Waals surface area contributed by atoms with Gasteiger partial charge in [0, 0.05) is 17.5 Å². The second kappa shape index (κ2) is 7.42. The van der Waals surface area contributed by atoms with Crippen LogP contribution in [0.5, 0.6) is 0 Å². The normalized spacial score (nSPS) is 29.1. The second-order valence-electron chi connectivity index (χ2n) is 8.52. The predicted molar refractivity (Wildman–Crippen MR) is 103 cm³/mol. The number of rotatable bonds is 4. The number of carbonyl (C=O) groups excluding carboxylic acids is 2. The van der Waals surface area contributed by atoms with Crippen LogP contribution in [-0.4, -0.2) is 18.4 Å². The van der Waals surface area contributed by atoms with E-state index in [1.54, 1.807) is 0 Å². The maximum atomic E-state index is 13.2. The molecule has 1 aromatic carbocycles. The number of nitrogens with two attached hydrogens (primary N) is 1. The standard InChI is InChI=1S/C22H31NO3/c1-4-26-21(25)22(2,3)19-12-8-16-13-15(7-11-18(16)20(19)24)14-5-9-17(23)10-6-14/h5-6,9-10,15-16,18-19H,4,7-8,11-13,23H2,1-3H3. The van der Waals surface area contributed by atoms with Gasteiger partial charge in [0.2, 0.25) is 0 Å². The van der Waals surface area contributed by atoms with Gasteiger partial charge in [-0.05, 0) is 82.4 Å². The predicted octanol–water partition coefficient (Wildman–Crippen LogP) is 4.34. The van der Waals surface area contributed by atoms with E-state index >= 15 is 0 Å². The van der Waals surface area contributed by atoms with E-state index in [1.165, 1.54) is 5.56 Å². The van der Waals surface area contributed by atoms with E-state index in [0.717, 1.165) is 37.8 Å². The van der Waals surface area contributed by atoms with Gasteiger partial charge in [0.1, 0.15) is 5.78 Å². The lowest BCUT2D eigenvalue weighted by atomic mass is 9.58. The molecule has 0 aliphatic heterocycles. The van der Waals surface area contributed by atoms with Gasteiger partial charge >= 0.3 is 5.97 Å². The fraction of sp³-hybridized carbons (Fsp3) is 0.636. The molecule has 142 valence electrons. The second-order valence-corrected chi connectivity index (χ2v) is 8.52. The van der Waals surface area contributed by atoms with Crippen LogP contribution >= 0.6 is 0 Å². The van der Waals surface area contributed by atoms with Crippen molar-refractivity contribution in [1.82, 2.24) is 0 Å². The maximum absolute atomic E-state index is 13.2. The summed E-state index contributed by atoms with van der Waals surface area (Å²) in [4.78, 5) is 25.5. The molecule has 0 heterocycles. The zero-order valence-electron chi connectivity index (χ0n) is 16.2. The van der Waals surface area contributed by atoms with Gasteiger partial charge in [-0.2, -0.15) is 0 Å². The first kappa shape index (κ1) is 18.9. The summed E-state index contributed by atoms with van der Waals surface area (Å²) in [6.45, 7) is 5.91. The van der Waals surface area contributed by atoms with Crippen molar-refractivity contribution in [2.24, 2.45) is 23.2 Å². The Kier molecular flexibility index (Phi) is 5.40. The molecule has 4 nitrogen and oxygen atoms in total. The van der Waals surface area contributed by atoms with Gasteiger partial charge < -0.3 is 10.5 Å². The van der Waals surface area contributed by atoms with Crippen molar-refractivity contribution in [3.05, 3.63) is 29.8 Å². The summed E-state index contributed by atoms with van der Waals surface area (Å²) in [5.74, 6) is 0.887. The lowest BCUT2D eigenvalue weighted by Crippen LogP contribution is -2.47. The van der Waals surface area contributed by atoms with Crippen LogP contribution in [0.1, 0.15) is 64.4 Å². The van der Waals surface area contributed by atoms with Crippen LogP contribution in [0, 0.1) is 23.2 Å². The average Bonchev–Trinajstić information content (AvgIpc) is 2.62. The third-order valence-corrected chi connectivity index (χ3v) is 6.60. The number of nitrogen functional groups attached to an aromatic ring is 1. The molecule has 2 N–H and O–H groups in total. The minimum absolute atomic E-state index is 0.104. The number of esters is 1. The van der Waals surface area contributed by atoms with Crippen molar-refractivity contribution in [3.63, 3.8) is 0 Å². The summed E-state index contributed by atoms with van der Waals surface area (Å²) in [5.41, 5.74) is 7.19. The van der Waals surface area contributed by atoms with Crippen LogP contribution in [-0.2, 0) is 14.3 Å². The highest BCUT2D eigenvalue weighted by Gasteiger charge is 2.49. The maximum Gasteiger partial charge on any atom is 0.312 e. The van der Waals surface area contributed by atoms with Crippen LogP contribution in [0.3, 0.4) is 0 Å². The number of hydrogen-bond acceptors (Lipinski definition) is 4. The van der Waals surface area contributed by atoms with Crippen molar-refractivity contribution < 1.29 is 14.3 Å². The lowest BCUT2D eigenvalue weighted by Gasteiger charge is -2.44. The Labute approximate surface area is 156 Å². The molecule has 0 aromatic heterocycles. The molecule has 3 rings (SSSR count). The Morgan fingerprint density at radius 1 is 1.15 bits per heavy atom. The molecule has 0 saturated heterocycles. The SMILES string of the molecule is CCOC(=O)C(C)(C)C1CCC2CC(c3ccc(N)cc3)CCC2C1=O. The lowest BCUT2D eigenvalue weighted by molar-refractivity contribution is -0.162. The Morgan fingerprint density at radius 3 is 2.50 bits per heavy atom. The summed E-state index contributed by atoms with van der Waals surface area (Å²) in [7, 11) is 0. The Bertz CT molecular complexity index is 664. The van der Waals surface area contributed by atoms with Crippen LogP contribution in [0.25, 0.3) is 0 Å². The van der Waals surface area contributed by atoms with E-state index in [-0.39, 0.29) is 23.6 Å². The summed E-state index contributed by atoms with van der Waals surface area (Å²) in [6, 6.07) is 8.17. The molecule has 4 atom stereocenters. The molecule has 4 unspecified atom stereocenters. The summed E-state index contributed by atoms with van der Waals surface area (Å²) >= 11 is 0. The molecule has 0 radical (unpaired) electrons. The molecule has 4 heteroatoms. The fourth-order valence-electron chi connectivity index (χ4n) is 4.99. The molecule has 0 spiro atoms. The smallest absolute Gasteiger partial charge is 0.312 e. The number of carbonyl (C=O) groups is 2. The van der Waals surface area contributed by atoms with E-state index in [4.69, 9.17) is 10.5 Å². The first-order valence-corrected chi connectivity index (χ1v) is 9.91. The number of hydrogen-bond donors (Lipinski definition) is 1. The number of anilines is 1. The van der Waals surface area contributed by atoms with Crippen molar-refractivity contribution >= 4 is 17.4 Å². The average molecular weight is 357 g/mol. The van der Waals surface area contributed by atoms with Crippen molar-refractivity contribution in [3.8, 4) is 0 Å². The highest BCUT2D eigenvalue weighted by atomic mass is 16.5. The van der Waals surface area contributed by atoms with Crippen LogP contribution in [0.2, 0.25) is 0 Å². The number of benzene rings is 1. The van der Waals surface area contributed by atoms with Gasteiger partial charge in [0.25, 0.3) is 0 Å².